The predicted molar refractivity (Wildman–Crippen MR) is 110 cm³/mol. The molecule has 0 saturated carbocycles. The quantitative estimate of drug-likeness (QED) is 0.685. The van der Waals surface area contributed by atoms with Crippen molar-refractivity contribution in [2.45, 2.75) is 6.54 Å². The minimum Gasteiger partial charge on any atom is -0.399 e. The standard InChI is InChI=1S/C17H19N5S.2ClH/c18-14-3-1-2-13(10-14)11-21-5-7-22(8-6-21)17-16-15(4-9-23-16)19-12-20-17;;/h1-4,9-10,12H,5-8,11,18H2;2*1H. The summed E-state index contributed by atoms with van der Waals surface area (Å²) in [6, 6.07) is 10.2. The number of aromatic nitrogens is 2. The van der Waals surface area contributed by atoms with Gasteiger partial charge in [0.2, 0.25) is 0 Å². The fourth-order valence-corrected chi connectivity index (χ4v) is 3.93. The number of benzene rings is 1. The van der Waals surface area contributed by atoms with Gasteiger partial charge in [-0.25, -0.2) is 9.97 Å². The smallest absolute Gasteiger partial charge is 0.150 e. The highest BCUT2D eigenvalue weighted by Crippen LogP contribution is 2.28. The van der Waals surface area contributed by atoms with Crippen molar-refractivity contribution in [2.75, 3.05) is 36.8 Å². The Morgan fingerprint density at radius 1 is 1.04 bits per heavy atom. The molecular formula is C17H21Cl2N5S. The first-order valence-corrected chi connectivity index (χ1v) is 8.67. The lowest BCUT2D eigenvalue weighted by molar-refractivity contribution is 0.249. The molecule has 0 spiro atoms. The van der Waals surface area contributed by atoms with Gasteiger partial charge in [0.15, 0.2) is 0 Å². The SMILES string of the molecule is Cl.Cl.Nc1cccc(CN2CCN(c3ncnc4ccsc34)CC2)c1. The van der Waals surface area contributed by atoms with Gasteiger partial charge in [-0.1, -0.05) is 12.1 Å². The molecule has 0 aliphatic carbocycles. The number of nitrogen functional groups attached to an aromatic ring is 1. The van der Waals surface area contributed by atoms with E-state index in [1.807, 2.05) is 12.1 Å². The monoisotopic (exact) mass is 397 g/mol. The molecule has 3 heterocycles. The van der Waals surface area contributed by atoms with Gasteiger partial charge in [-0.15, -0.1) is 36.2 Å². The molecular weight excluding hydrogens is 377 g/mol. The van der Waals surface area contributed by atoms with Gasteiger partial charge < -0.3 is 10.6 Å². The van der Waals surface area contributed by atoms with Crippen molar-refractivity contribution >= 4 is 57.9 Å². The average Bonchev–Trinajstić information content (AvgIpc) is 3.04. The molecule has 2 N–H and O–H groups in total. The topological polar surface area (TPSA) is 58.3 Å². The van der Waals surface area contributed by atoms with Crippen LogP contribution in [0.25, 0.3) is 10.2 Å². The van der Waals surface area contributed by atoms with Crippen LogP contribution in [0.4, 0.5) is 11.5 Å². The van der Waals surface area contributed by atoms with E-state index in [4.69, 9.17) is 5.73 Å². The number of piperazine rings is 1. The lowest BCUT2D eigenvalue weighted by atomic mass is 10.2. The van der Waals surface area contributed by atoms with Crippen molar-refractivity contribution in [3.05, 3.63) is 47.6 Å². The van der Waals surface area contributed by atoms with Crippen molar-refractivity contribution < 1.29 is 0 Å². The van der Waals surface area contributed by atoms with E-state index in [1.54, 1.807) is 17.7 Å². The molecule has 0 amide bonds. The number of nitrogens with zero attached hydrogens (tertiary/aromatic N) is 4. The zero-order valence-electron chi connectivity index (χ0n) is 13.7. The zero-order valence-corrected chi connectivity index (χ0v) is 16.1. The number of anilines is 2. The molecule has 8 heteroatoms. The molecule has 4 rings (SSSR count). The van der Waals surface area contributed by atoms with Crippen LogP contribution in [0.5, 0.6) is 0 Å². The molecule has 0 radical (unpaired) electrons. The van der Waals surface area contributed by atoms with E-state index in [0.29, 0.717) is 0 Å². The summed E-state index contributed by atoms with van der Waals surface area (Å²) >= 11 is 1.72. The van der Waals surface area contributed by atoms with E-state index in [2.05, 4.69) is 43.3 Å². The summed E-state index contributed by atoms with van der Waals surface area (Å²) < 4.78 is 1.19. The average molecular weight is 398 g/mol. The van der Waals surface area contributed by atoms with E-state index >= 15 is 0 Å². The van der Waals surface area contributed by atoms with E-state index in [-0.39, 0.29) is 24.8 Å². The number of fused-ring (bicyclic) bond motifs is 1. The Kier molecular flexibility index (Phi) is 6.84. The maximum atomic E-state index is 5.86. The van der Waals surface area contributed by atoms with Gasteiger partial charge in [0, 0.05) is 38.4 Å². The third-order valence-corrected chi connectivity index (χ3v) is 5.15. The van der Waals surface area contributed by atoms with Crippen LogP contribution < -0.4 is 10.6 Å². The number of hydrogen-bond acceptors (Lipinski definition) is 6. The van der Waals surface area contributed by atoms with E-state index < -0.39 is 0 Å². The number of nitrogens with two attached hydrogens (primary N) is 1. The summed E-state index contributed by atoms with van der Waals surface area (Å²) in [5.41, 5.74) is 9.02. The zero-order chi connectivity index (χ0) is 15.6. The second-order valence-corrected chi connectivity index (χ2v) is 6.76. The first-order chi connectivity index (χ1) is 11.3. The Labute approximate surface area is 163 Å². The maximum Gasteiger partial charge on any atom is 0.150 e. The third-order valence-electron chi connectivity index (χ3n) is 4.25. The van der Waals surface area contributed by atoms with E-state index in [9.17, 15) is 0 Å². The number of halogens is 2. The Morgan fingerprint density at radius 3 is 2.60 bits per heavy atom. The fourth-order valence-electron chi connectivity index (χ4n) is 3.07. The van der Waals surface area contributed by atoms with E-state index in [0.717, 1.165) is 49.7 Å². The molecule has 134 valence electrons. The second kappa shape index (κ2) is 8.67. The fraction of sp³-hybridized carbons (Fsp3) is 0.294. The first kappa shape index (κ1) is 19.7. The lowest BCUT2D eigenvalue weighted by Gasteiger charge is -2.35. The number of hydrogen-bond donors (Lipinski definition) is 1. The van der Waals surface area contributed by atoms with Crippen LogP contribution in [0.3, 0.4) is 0 Å². The molecule has 0 unspecified atom stereocenters. The highest BCUT2D eigenvalue weighted by atomic mass is 35.5. The molecule has 5 nitrogen and oxygen atoms in total. The minimum absolute atomic E-state index is 0. The summed E-state index contributed by atoms with van der Waals surface area (Å²) in [7, 11) is 0. The highest BCUT2D eigenvalue weighted by molar-refractivity contribution is 7.17. The van der Waals surface area contributed by atoms with Crippen molar-refractivity contribution in [3.63, 3.8) is 0 Å². The van der Waals surface area contributed by atoms with Crippen LogP contribution in [0, 0.1) is 0 Å². The van der Waals surface area contributed by atoms with Gasteiger partial charge in [0.05, 0.1) is 10.2 Å². The van der Waals surface area contributed by atoms with Crippen molar-refractivity contribution in [1.82, 2.24) is 14.9 Å². The van der Waals surface area contributed by atoms with Crippen molar-refractivity contribution in [3.8, 4) is 0 Å². The van der Waals surface area contributed by atoms with Crippen LogP contribution in [0.2, 0.25) is 0 Å². The van der Waals surface area contributed by atoms with Gasteiger partial charge in [-0.2, -0.15) is 0 Å². The molecule has 1 aromatic carbocycles. The lowest BCUT2D eigenvalue weighted by Crippen LogP contribution is -2.46. The van der Waals surface area contributed by atoms with Crippen LogP contribution in [0.15, 0.2) is 42.0 Å². The highest BCUT2D eigenvalue weighted by Gasteiger charge is 2.20. The number of thiophene rings is 1. The van der Waals surface area contributed by atoms with Gasteiger partial charge in [0.1, 0.15) is 12.1 Å². The summed E-state index contributed by atoms with van der Waals surface area (Å²) in [5, 5.41) is 2.08. The minimum atomic E-state index is 0. The third kappa shape index (κ3) is 4.33. The Morgan fingerprint density at radius 2 is 1.84 bits per heavy atom. The molecule has 25 heavy (non-hydrogen) atoms. The molecule has 1 aliphatic rings. The Bertz CT molecular complexity index is 817. The normalized spacial score (nSPS) is 14.8. The molecule has 2 aromatic heterocycles. The molecule has 1 fully saturated rings. The summed E-state index contributed by atoms with van der Waals surface area (Å²) in [5.74, 6) is 1.08. The molecule has 1 aliphatic heterocycles. The van der Waals surface area contributed by atoms with Crippen LogP contribution in [-0.2, 0) is 6.54 Å². The Balaban J connectivity index is 0.00000113. The molecule has 3 aromatic rings. The van der Waals surface area contributed by atoms with Gasteiger partial charge >= 0.3 is 0 Å². The van der Waals surface area contributed by atoms with Gasteiger partial charge in [0.25, 0.3) is 0 Å². The second-order valence-electron chi connectivity index (χ2n) is 5.84. The van der Waals surface area contributed by atoms with Crippen molar-refractivity contribution in [2.24, 2.45) is 0 Å². The molecule has 1 saturated heterocycles. The van der Waals surface area contributed by atoms with Gasteiger partial charge in [-0.05, 0) is 29.1 Å². The van der Waals surface area contributed by atoms with E-state index in [1.165, 1.54) is 10.3 Å². The summed E-state index contributed by atoms with van der Waals surface area (Å²) in [6.07, 6.45) is 1.67. The summed E-state index contributed by atoms with van der Waals surface area (Å²) in [6.45, 7) is 5.01. The Hall–Kier alpha value is -1.60. The van der Waals surface area contributed by atoms with Crippen LogP contribution in [0.1, 0.15) is 5.56 Å². The van der Waals surface area contributed by atoms with Crippen LogP contribution in [-0.4, -0.2) is 41.0 Å². The summed E-state index contributed by atoms with van der Waals surface area (Å²) in [4.78, 5) is 13.7. The molecule has 0 bridgehead atoms. The largest absolute Gasteiger partial charge is 0.399 e. The first-order valence-electron chi connectivity index (χ1n) is 7.79. The predicted octanol–water partition coefficient (Wildman–Crippen LogP) is 3.44. The van der Waals surface area contributed by atoms with Crippen LogP contribution >= 0.6 is 36.2 Å². The van der Waals surface area contributed by atoms with Gasteiger partial charge in [-0.3, -0.25) is 4.90 Å². The van der Waals surface area contributed by atoms with Crippen molar-refractivity contribution in [1.29, 1.82) is 0 Å². The maximum absolute atomic E-state index is 5.86. The molecule has 0 atom stereocenters. The number of rotatable bonds is 3.